The molecule has 114 valence electrons. The molecular formula is C14H16F3N3O. The standard InChI is InChI=1S/C14H16F3N3O/c1-2-21-7-3-5-20-6-4-18-14(20)19-13-9-11(16)10(15)8-12(13)17/h4,6,8-9H,2-3,5,7H2,1H3,(H,18,19). The largest absolute Gasteiger partial charge is 0.382 e. The third-order valence-electron chi connectivity index (χ3n) is 2.86. The first-order valence-corrected chi connectivity index (χ1v) is 6.62. The summed E-state index contributed by atoms with van der Waals surface area (Å²) >= 11 is 0. The van der Waals surface area contributed by atoms with Gasteiger partial charge in [0.1, 0.15) is 5.82 Å². The van der Waals surface area contributed by atoms with E-state index >= 15 is 0 Å². The van der Waals surface area contributed by atoms with Crippen LogP contribution in [0.5, 0.6) is 0 Å². The minimum atomic E-state index is -1.22. The monoisotopic (exact) mass is 299 g/mol. The van der Waals surface area contributed by atoms with E-state index in [1.165, 1.54) is 0 Å². The number of anilines is 2. The molecule has 0 spiro atoms. The fourth-order valence-electron chi connectivity index (χ4n) is 1.83. The average molecular weight is 299 g/mol. The summed E-state index contributed by atoms with van der Waals surface area (Å²) in [6.07, 6.45) is 4.02. The van der Waals surface area contributed by atoms with Crippen LogP contribution >= 0.6 is 0 Å². The Morgan fingerprint density at radius 1 is 1.19 bits per heavy atom. The van der Waals surface area contributed by atoms with Gasteiger partial charge in [-0.2, -0.15) is 0 Å². The second-order valence-electron chi connectivity index (χ2n) is 4.37. The highest BCUT2D eigenvalue weighted by molar-refractivity contribution is 5.54. The van der Waals surface area contributed by atoms with Crippen LogP contribution in [0, 0.1) is 17.5 Å². The molecule has 1 aromatic heterocycles. The van der Waals surface area contributed by atoms with Gasteiger partial charge in [0.25, 0.3) is 0 Å². The van der Waals surface area contributed by atoms with Gasteiger partial charge in [-0.05, 0) is 13.3 Å². The highest BCUT2D eigenvalue weighted by Crippen LogP contribution is 2.22. The molecule has 21 heavy (non-hydrogen) atoms. The van der Waals surface area contributed by atoms with Gasteiger partial charge in [0.15, 0.2) is 11.6 Å². The molecule has 1 aromatic carbocycles. The van der Waals surface area contributed by atoms with Gasteiger partial charge in [-0.3, -0.25) is 0 Å². The summed E-state index contributed by atoms with van der Waals surface area (Å²) in [7, 11) is 0. The van der Waals surface area contributed by atoms with Crippen LogP contribution in [0.2, 0.25) is 0 Å². The number of imidazole rings is 1. The van der Waals surface area contributed by atoms with Gasteiger partial charge in [0.05, 0.1) is 5.69 Å². The molecule has 1 heterocycles. The van der Waals surface area contributed by atoms with E-state index in [1.807, 2.05) is 6.92 Å². The van der Waals surface area contributed by atoms with Crippen molar-refractivity contribution in [3.05, 3.63) is 42.0 Å². The first kappa shape index (κ1) is 15.4. The first-order valence-electron chi connectivity index (χ1n) is 6.62. The van der Waals surface area contributed by atoms with Crippen molar-refractivity contribution in [1.29, 1.82) is 0 Å². The van der Waals surface area contributed by atoms with Gasteiger partial charge in [0.2, 0.25) is 5.95 Å². The summed E-state index contributed by atoms with van der Waals surface area (Å²) in [5.41, 5.74) is -0.161. The van der Waals surface area contributed by atoms with E-state index in [0.29, 0.717) is 31.8 Å². The Morgan fingerprint density at radius 3 is 2.71 bits per heavy atom. The molecule has 0 aliphatic carbocycles. The minimum absolute atomic E-state index is 0.161. The lowest BCUT2D eigenvalue weighted by Gasteiger charge is -2.11. The maximum Gasteiger partial charge on any atom is 0.207 e. The SMILES string of the molecule is CCOCCCn1ccnc1Nc1cc(F)c(F)cc1F. The number of nitrogens with zero attached hydrogens (tertiary/aromatic N) is 2. The molecule has 0 aliphatic rings. The fraction of sp³-hybridized carbons (Fsp3) is 0.357. The van der Waals surface area contributed by atoms with Crippen molar-refractivity contribution in [3.8, 4) is 0 Å². The van der Waals surface area contributed by atoms with E-state index in [9.17, 15) is 13.2 Å². The van der Waals surface area contributed by atoms with Crippen LogP contribution in [0.1, 0.15) is 13.3 Å². The van der Waals surface area contributed by atoms with Gasteiger partial charge in [-0.25, -0.2) is 18.2 Å². The lowest BCUT2D eigenvalue weighted by Crippen LogP contribution is -2.07. The molecule has 0 radical (unpaired) electrons. The van der Waals surface area contributed by atoms with Crippen LogP contribution in [0.4, 0.5) is 24.8 Å². The molecule has 2 aromatic rings. The number of halogens is 3. The second-order valence-corrected chi connectivity index (χ2v) is 4.37. The minimum Gasteiger partial charge on any atom is -0.382 e. The number of nitrogens with one attached hydrogen (secondary N) is 1. The lowest BCUT2D eigenvalue weighted by atomic mass is 10.3. The normalized spacial score (nSPS) is 10.9. The van der Waals surface area contributed by atoms with Gasteiger partial charge in [0, 0.05) is 44.3 Å². The predicted octanol–water partition coefficient (Wildman–Crippen LogP) is 3.47. The van der Waals surface area contributed by atoms with Crippen LogP contribution in [-0.2, 0) is 11.3 Å². The number of rotatable bonds is 7. The highest BCUT2D eigenvalue weighted by Gasteiger charge is 2.12. The molecule has 0 unspecified atom stereocenters. The number of aryl methyl sites for hydroxylation is 1. The third kappa shape index (κ3) is 3.98. The fourth-order valence-corrected chi connectivity index (χ4v) is 1.83. The number of ether oxygens (including phenoxy) is 1. The van der Waals surface area contributed by atoms with E-state index in [2.05, 4.69) is 10.3 Å². The van der Waals surface area contributed by atoms with Gasteiger partial charge in [-0.15, -0.1) is 0 Å². The second kappa shape index (κ2) is 7.12. The summed E-state index contributed by atoms with van der Waals surface area (Å²) in [4.78, 5) is 4.03. The van der Waals surface area contributed by atoms with E-state index in [-0.39, 0.29) is 5.69 Å². The molecule has 7 heteroatoms. The number of benzene rings is 1. The molecule has 0 saturated heterocycles. The van der Waals surface area contributed by atoms with Gasteiger partial charge < -0.3 is 14.6 Å². The Labute approximate surface area is 120 Å². The molecule has 1 N–H and O–H groups in total. The van der Waals surface area contributed by atoms with Crippen molar-refractivity contribution in [3.63, 3.8) is 0 Å². The van der Waals surface area contributed by atoms with Crippen LogP contribution in [0.25, 0.3) is 0 Å². The summed E-state index contributed by atoms with van der Waals surface area (Å²) in [6, 6.07) is 1.27. The van der Waals surface area contributed by atoms with Crippen molar-refractivity contribution < 1.29 is 17.9 Å². The zero-order chi connectivity index (χ0) is 15.2. The molecule has 0 bridgehead atoms. The Hall–Kier alpha value is -2.02. The topological polar surface area (TPSA) is 39.1 Å². The summed E-state index contributed by atoms with van der Waals surface area (Å²) < 4.78 is 46.6. The summed E-state index contributed by atoms with van der Waals surface area (Å²) in [6.45, 7) is 3.78. The van der Waals surface area contributed by atoms with Crippen LogP contribution < -0.4 is 5.32 Å². The van der Waals surface area contributed by atoms with Crippen molar-refractivity contribution in [2.75, 3.05) is 18.5 Å². The molecular weight excluding hydrogens is 283 g/mol. The first-order chi connectivity index (χ1) is 10.1. The maximum absolute atomic E-state index is 13.6. The summed E-state index contributed by atoms with van der Waals surface area (Å²) in [5.74, 6) is -2.86. The Balaban J connectivity index is 2.06. The van der Waals surface area contributed by atoms with Crippen LogP contribution in [0.15, 0.2) is 24.5 Å². The number of hydrogen-bond donors (Lipinski definition) is 1. The van der Waals surface area contributed by atoms with Crippen molar-refractivity contribution in [2.24, 2.45) is 0 Å². The van der Waals surface area contributed by atoms with E-state index < -0.39 is 17.5 Å². The molecule has 0 saturated carbocycles. The van der Waals surface area contributed by atoms with Crippen molar-refractivity contribution in [1.82, 2.24) is 9.55 Å². The lowest BCUT2D eigenvalue weighted by molar-refractivity contribution is 0.142. The van der Waals surface area contributed by atoms with Crippen molar-refractivity contribution in [2.45, 2.75) is 19.9 Å². The van der Waals surface area contributed by atoms with E-state index in [0.717, 1.165) is 12.5 Å². The molecule has 0 atom stereocenters. The smallest absolute Gasteiger partial charge is 0.207 e. The molecule has 2 rings (SSSR count). The molecule has 0 amide bonds. The molecule has 0 aliphatic heterocycles. The Bertz CT molecular complexity index is 601. The predicted molar refractivity (Wildman–Crippen MR) is 72.9 cm³/mol. The number of hydrogen-bond acceptors (Lipinski definition) is 3. The van der Waals surface area contributed by atoms with Gasteiger partial charge >= 0.3 is 0 Å². The average Bonchev–Trinajstić information content (AvgIpc) is 2.88. The molecule has 4 nitrogen and oxygen atoms in total. The van der Waals surface area contributed by atoms with Gasteiger partial charge in [-0.1, -0.05) is 0 Å². The Morgan fingerprint density at radius 2 is 1.95 bits per heavy atom. The maximum atomic E-state index is 13.6. The van der Waals surface area contributed by atoms with Crippen LogP contribution in [-0.4, -0.2) is 22.8 Å². The van der Waals surface area contributed by atoms with Crippen molar-refractivity contribution >= 4 is 11.6 Å². The zero-order valence-electron chi connectivity index (χ0n) is 11.6. The zero-order valence-corrected chi connectivity index (χ0v) is 11.6. The molecule has 0 fully saturated rings. The van der Waals surface area contributed by atoms with E-state index in [4.69, 9.17) is 4.74 Å². The Kier molecular flexibility index (Phi) is 5.21. The summed E-state index contributed by atoms with van der Waals surface area (Å²) in [5, 5.41) is 2.66. The quantitative estimate of drug-likeness (QED) is 0.628. The number of aromatic nitrogens is 2. The van der Waals surface area contributed by atoms with Crippen LogP contribution in [0.3, 0.4) is 0 Å². The highest BCUT2D eigenvalue weighted by atomic mass is 19.2. The van der Waals surface area contributed by atoms with E-state index in [1.54, 1.807) is 17.0 Å². The third-order valence-corrected chi connectivity index (χ3v) is 2.86.